The van der Waals surface area contributed by atoms with Crippen LogP contribution in [-0.2, 0) is 9.59 Å². The minimum Gasteiger partial charge on any atom is -0.490 e. The van der Waals surface area contributed by atoms with Gasteiger partial charge in [-0.05, 0) is 60.3 Å². The van der Waals surface area contributed by atoms with Crippen LogP contribution in [0.15, 0.2) is 103 Å². The Morgan fingerprint density at radius 2 is 1.28 bits per heavy atom. The molecule has 0 spiro atoms. The van der Waals surface area contributed by atoms with E-state index in [0.717, 1.165) is 0 Å². The van der Waals surface area contributed by atoms with Crippen molar-refractivity contribution in [2.75, 3.05) is 16.4 Å². The fourth-order valence-electron chi connectivity index (χ4n) is 3.32. The van der Waals surface area contributed by atoms with Gasteiger partial charge >= 0.3 is 0 Å². The molecule has 0 aliphatic carbocycles. The van der Waals surface area contributed by atoms with Gasteiger partial charge in [0, 0.05) is 0 Å². The fourth-order valence-corrected chi connectivity index (χ4v) is 3.70. The summed E-state index contributed by atoms with van der Waals surface area (Å²) < 4.78 is 5.50. The van der Waals surface area contributed by atoms with Gasteiger partial charge in [0.15, 0.2) is 5.11 Å². The second-order valence-electron chi connectivity index (χ2n) is 6.96. The number of amides is 2. The van der Waals surface area contributed by atoms with E-state index >= 15 is 0 Å². The monoisotopic (exact) mass is 440 g/mol. The van der Waals surface area contributed by atoms with Gasteiger partial charge < -0.3 is 4.74 Å². The number of nitrogens with zero attached hydrogens (tertiary/aromatic N) is 2. The Labute approximate surface area is 191 Å². The largest absolute Gasteiger partial charge is 0.490 e. The summed E-state index contributed by atoms with van der Waals surface area (Å²) in [5.74, 6) is -0.262. The molecule has 1 aliphatic rings. The van der Waals surface area contributed by atoms with Crippen molar-refractivity contribution in [3.8, 4) is 5.75 Å². The van der Waals surface area contributed by atoms with Gasteiger partial charge in [0.25, 0.3) is 11.8 Å². The Morgan fingerprint density at radius 3 is 1.75 bits per heavy atom. The average Bonchev–Trinajstić information content (AvgIpc) is 2.83. The van der Waals surface area contributed by atoms with Crippen molar-refractivity contribution in [2.24, 2.45) is 0 Å². The summed E-state index contributed by atoms with van der Waals surface area (Å²) in [6.07, 6.45) is 3.24. The van der Waals surface area contributed by atoms with Crippen LogP contribution < -0.4 is 14.5 Å². The average molecular weight is 441 g/mol. The third-order valence-corrected chi connectivity index (χ3v) is 5.20. The van der Waals surface area contributed by atoms with E-state index in [4.69, 9.17) is 17.0 Å². The van der Waals surface area contributed by atoms with Crippen LogP contribution in [0, 0.1) is 0 Å². The second kappa shape index (κ2) is 9.41. The molecule has 158 valence electrons. The minimum absolute atomic E-state index is 0.0195. The summed E-state index contributed by atoms with van der Waals surface area (Å²) in [6, 6.07) is 25.3. The zero-order chi connectivity index (χ0) is 22.5. The molecule has 0 saturated carbocycles. The maximum Gasteiger partial charge on any atom is 0.270 e. The van der Waals surface area contributed by atoms with E-state index in [2.05, 4.69) is 6.58 Å². The van der Waals surface area contributed by atoms with Gasteiger partial charge in [0.2, 0.25) is 0 Å². The third kappa shape index (κ3) is 4.22. The van der Waals surface area contributed by atoms with Gasteiger partial charge in [-0.3, -0.25) is 19.4 Å². The first kappa shape index (κ1) is 21.2. The standard InChI is InChI=1S/C26H20N2O3S/c1-2-17-31-22-15-13-19(14-16-22)18-23-24(29)27(20-9-5-3-6-10-20)26(32)28(25(23)30)21-11-7-4-8-12-21/h2-16,18H,1,17H2. The Bertz CT molecular complexity index is 1130. The number of hydrogen-bond acceptors (Lipinski definition) is 4. The molecular weight excluding hydrogens is 420 g/mol. The van der Waals surface area contributed by atoms with E-state index in [-0.39, 0.29) is 10.7 Å². The molecule has 1 aliphatic heterocycles. The lowest BCUT2D eigenvalue weighted by atomic mass is 10.0. The van der Waals surface area contributed by atoms with Crippen LogP contribution in [-0.4, -0.2) is 23.5 Å². The van der Waals surface area contributed by atoms with Crippen molar-refractivity contribution in [1.29, 1.82) is 0 Å². The van der Waals surface area contributed by atoms with Crippen LogP contribution in [0.2, 0.25) is 0 Å². The van der Waals surface area contributed by atoms with Crippen LogP contribution in [0.3, 0.4) is 0 Å². The molecule has 0 atom stereocenters. The Hall–Kier alpha value is -4.03. The van der Waals surface area contributed by atoms with Gasteiger partial charge in [-0.2, -0.15) is 0 Å². The van der Waals surface area contributed by atoms with E-state index in [0.29, 0.717) is 29.3 Å². The molecule has 1 fully saturated rings. The number of hydrogen-bond donors (Lipinski definition) is 0. The number of carbonyl (C=O) groups excluding carboxylic acids is 2. The van der Waals surface area contributed by atoms with Crippen molar-refractivity contribution >= 4 is 46.6 Å². The zero-order valence-electron chi connectivity index (χ0n) is 17.2. The third-order valence-electron chi connectivity index (χ3n) is 4.84. The lowest BCUT2D eigenvalue weighted by Gasteiger charge is -2.36. The first-order valence-electron chi connectivity index (χ1n) is 9.98. The summed E-state index contributed by atoms with van der Waals surface area (Å²) in [7, 11) is 0. The van der Waals surface area contributed by atoms with Gasteiger partial charge in [0.1, 0.15) is 17.9 Å². The van der Waals surface area contributed by atoms with Crippen molar-refractivity contribution in [3.05, 3.63) is 109 Å². The predicted molar refractivity (Wildman–Crippen MR) is 131 cm³/mol. The molecule has 3 aromatic rings. The summed E-state index contributed by atoms with van der Waals surface area (Å²) in [4.78, 5) is 29.6. The highest BCUT2D eigenvalue weighted by atomic mass is 32.1. The van der Waals surface area contributed by atoms with Crippen molar-refractivity contribution in [1.82, 2.24) is 0 Å². The highest BCUT2D eigenvalue weighted by Crippen LogP contribution is 2.29. The van der Waals surface area contributed by atoms with Crippen LogP contribution in [0.1, 0.15) is 5.56 Å². The number of carbonyl (C=O) groups is 2. The molecule has 0 radical (unpaired) electrons. The lowest BCUT2D eigenvalue weighted by molar-refractivity contribution is -0.120. The molecule has 5 nitrogen and oxygen atoms in total. The number of benzene rings is 3. The van der Waals surface area contributed by atoms with Crippen LogP contribution in [0.25, 0.3) is 6.08 Å². The summed E-state index contributed by atoms with van der Waals surface area (Å²) in [5.41, 5.74) is 1.90. The first-order valence-corrected chi connectivity index (χ1v) is 10.4. The van der Waals surface area contributed by atoms with Crippen LogP contribution in [0.5, 0.6) is 5.75 Å². The summed E-state index contributed by atoms with van der Waals surface area (Å²) >= 11 is 5.60. The normalized spacial score (nSPS) is 13.9. The molecule has 0 unspecified atom stereocenters. The van der Waals surface area contributed by atoms with Crippen molar-refractivity contribution in [3.63, 3.8) is 0 Å². The first-order chi connectivity index (χ1) is 15.6. The molecule has 32 heavy (non-hydrogen) atoms. The summed E-state index contributed by atoms with van der Waals surface area (Å²) in [6.45, 7) is 4.02. The smallest absolute Gasteiger partial charge is 0.270 e. The van der Waals surface area contributed by atoms with Crippen LogP contribution in [0.4, 0.5) is 11.4 Å². The van der Waals surface area contributed by atoms with Crippen molar-refractivity contribution in [2.45, 2.75) is 0 Å². The Morgan fingerprint density at radius 1 is 0.781 bits per heavy atom. The number of para-hydroxylation sites is 2. The fraction of sp³-hybridized carbons (Fsp3) is 0.0385. The highest BCUT2D eigenvalue weighted by molar-refractivity contribution is 7.81. The lowest BCUT2D eigenvalue weighted by Crippen LogP contribution is -2.56. The number of rotatable bonds is 6. The molecule has 6 heteroatoms. The quantitative estimate of drug-likeness (QED) is 0.234. The Balaban J connectivity index is 1.77. The van der Waals surface area contributed by atoms with E-state index in [1.807, 2.05) is 36.4 Å². The Kier molecular flexibility index (Phi) is 6.24. The maximum atomic E-state index is 13.4. The van der Waals surface area contributed by atoms with Gasteiger partial charge in [0.05, 0.1) is 11.4 Å². The van der Waals surface area contributed by atoms with Crippen molar-refractivity contribution < 1.29 is 14.3 Å². The topological polar surface area (TPSA) is 49.9 Å². The number of anilines is 2. The molecule has 1 saturated heterocycles. The molecule has 0 aromatic heterocycles. The van der Waals surface area contributed by atoms with E-state index in [1.165, 1.54) is 9.80 Å². The molecule has 0 N–H and O–H groups in total. The maximum absolute atomic E-state index is 13.4. The van der Waals surface area contributed by atoms with E-state index < -0.39 is 11.8 Å². The number of thiocarbonyl (C=S) groups is 1. The van der Waals surface area contributed by atoms with Gasteiger partial charge in [-0.15, -0.1) is 0 Å². The zero-order valence-corrected chi connectivity index (χ0v) is 18.0. The molecule has 0 bridgehead atoms. The van der Waals surface area contributed by atoms with Gasteiger partial charge in [-0.1, -0.05) is 61.2 Å². The molecular formula is C26H20N2O3S. The minimum atomic E-state index is -0.467. The van der Waals surface area contributed by atoms with E-state index in [9.17, 15) is 9.59 Å². The van der Waals surface area contributed by atoms with Crippen LogP contribution >= 0.6 is 12.2 Å². The summed E-state index contributed by atoms with van der Waals surface area (Å²) in [5, 5.41) is 0.114. The molecule has 3 aromatic carbocycles. The second-order valence-corrected chi connectivity index (χ2v) is 7.33. The number of ether oxygens (including phenoxy) is 1. The molecule has 2 amide bonds. The molecule has 4 rings (SSSR count). The van der Waals surface area contributed by atoms with E-state index in [1.54, 1.807) is 60.7 Å². The molecule has 1 heterocycles. The highest BCUT2D eigenvalue weighted by Gasteiger charge is 2.41. The predicted octanol–water partition coefficient (Wildman–Crippen LogP) is 5.00. The van der Waals surface area contributed by atoms with Gasteiger partial charge in [-0.25, -0.2) is 0 Å². The SMILES string of the molecule is C=CCOc1ccc(C=C2C(=O)N(c3ccccc3)C(=S)N(c3ccccc3)C2=O)cc1.